The second kappa shape index (κ2) is 6.58. The van der Waals surface area contributed by atoms with Crippen molar-refractivity contribution in [3.8, 4) is 5.75 Å². The van der Waals surface area contributed by atoms with Gasteiger partial charge in [-0.3, -0.25) is 0 Å². The summed E-state index contributed by atoms with van der Waals surface area (Å²) in [5.74, 6) is 1.77. The summed E-state index contributed by atoms with van der Waals surface area (Å²) in [4.78, 5) is 10.3. The van der Waals surface area contributed by atoms with Crippen LogP contribution in [0.4, 0.5) is 11.6 Å². The van der Waals surface area contributed by atoms with Gasteiger partial charge in [-0.2, -0.15) is 0 Å². The second-order valence-electron chi connectivity index (χ2n) is 5.15. The van der Waals surface area contributed by atoms with Crippen LogP contribution in [0.3, 0.4) is 0 Å². The molecule has 2 N–H and O–H groups in total. The van der Waals surface area contributed by atoms with Crippen molar-refractivity contribution in [2.75, 3.05) is 23.8 Å². The molecule has 3 rings (SSSR count). The highest BCUT2D eigenvalue weighted by molar-refractivity contribution is 6.35. The molecule has 116 valence electrons. The molecule has 7 heteroatoms. The number of rotatable bonds is 4. The van der Waals surface area contributed by atoms with Crippen LogP contribution in [0.1, 0.15) is 12.8 Å². The van der Waals surface area contributed by atoms with Gasteiger partial charge in [-0.05, 0) is 37.1 Å². The molecule has 1 fully saturated rings. The minimum atomic E-state index is 0.211. The topological polar surface area (TPSA) is 64.3 Å². The van der Waals surface area contributed by atoms with Crippen molar-refractivity contribution >= 4 is 34.8 Å². The van der Waals surface area contributed by atoms with E-state index in [2.05, 4.69) is 14.9 Å². The summed E-state index contributed by atoms with van der Waals surface area (Å²) >= 11 is 12.1. The maximum Gasteiger partial charge on any atom is 0.153 e. The molecule has 2 heterocycles. The molecule has 1 unspecified atom stereocenters. The molecule has 0 radical (unpaired) electrons. The Morgan fingerprint density at radius 2 is 2.00 bits per heavy atom. The number of ether oxygens (including phenoxy) is 1. The van der Waals surface area contributed by atoms with Gasteiger partial charge in [0.25, 0.3) is 0 Å². The summed E-state index contributed by atoms with van der Waals surface area (Å²) in [6.07, 6.45) is 3.52. The Morgan fingerprint density at radius 3 is 2.77 bits per heavy atom. The number of nitrogens with zero attached hydrogens (tertiary/aromatic N) is 3. The predicted octanol–water partition coefficient (Wildman–Crippen LogP) is 3.41. The third-order valence-electron chi connectivity index (χ3n) is 3.70. The Morgan fingerprint density at radius 1 is 1.23 bits per heavy atom. The van der Waals surface area contributed by atoms with Crippen LogP contribution in [0.15, 0.2) is 30.6 Å². The predicted molar refractivity (Wildman–Crippen MR) is 88.8 cm³/mol. The van der Waals surface area contributed by atoms with Gasteiger partial charge in [0.05, 0.1) is 6.04 Å². The van der Waals surface area contributed by atoms with E-state index in [1.807, 2.05) is 24.3 Å². The summed E-state index contributed by atoms with van der Waals surface area (Å²) in [6, 6.07) is 7.55. The summed E-state index contributed by atoms with van der Waals surface area (Å²) in [5.41, 5.74) is 5.76. The number of nitrogen functional groups attached to an aromatic ring is 1. The van der Waals surface area contributed by atoms with E-state index < -0.39 is 0 Å². The highest BCUT2D eigenvalue weighted by atomic mass is 35.5. The molecule has 2 aromatic rings. The van der Waals surface area contributed by atoms with Crippen molar-refractivity contribution in [2.45, 2.75) is 18.9 Å². The number of benzene rings is 1. The number of halogens is 2. The van der Waals surface area contributed by atoms with Gasteiger partial charge < -0.3 is 15.4 Å². The molecule has 1 aliphatic heterocycles. The van der Waals surface area contributed by atoms with Crippen LogP contribution >= 0.6 is 23.2 Å². The highest BCUT2D eigenvalue weighted by Gasteiger charge is 2.28. The van der Waals surface area contributed by atoms with E-state index in [9.17, 15) is 0 Å². The van der Waals surface area contributed by atoms with Crippen LogP contribution < -0.4 is 15.4 Å². The number of nitrogens with two attached hydrogens (primary N) is 1. The average Bonchev–Trinajstić information content (AvgIpc) is 2.98. The lowest BCUT2D eigenvalue weighted by Gasteiger charge is -2.26. The first kappa shape index (κ1) is 15.2. The van der Waals surface area contributed by atoms with E-state index in [0.29, 0.717) is 28.3 Å². The lowest BCUT2D eigenvalue weighted by molar-refractivity contribution is 0.288. The van der Waals surface area contributed by atoms with Crippen LogP contribution in [0.25, 0.3) is 0 Å². The Labute approximate surface area is 139 Å². The summed E-state index contributed by atoms with van der Waals surface area (Å²) in [5, 5.41) is 1.10. The van der Waals surface area contributed by atoms with E-state index in [1.54, 1.807) is 0 Å². The molecule has 1 aromatic carbocycles. The molecular formula is C15H16Cl2N4O. The van der Waals surface area contributed by atoms with E-state index >= 15 is 0 Å². The lowest BCUT2D eigenvalue weighted by atomic mass is 10.2. The SMILES string of the molecule is Nc1ncnc(N2CCCC2COc2ccc(Cl)cc2)c1Cl. The van der Waals surface area contributed by atoms with E-state index in [1.165, 1.54) is 6.33 Å². The molecule has 0 spiro atoms. The second-order valence-corrected chi connectivity index (χ2v) is 5.97. The van der Waals surface area contributed by atoms with Gasteiger partial charge in [-0.1, -0.05) is 23.2 Å². The molecule has 1 saturated heterocycles. The van der Waals surface area contributed by atoms with Crippen LogP contribution in [0.2, 0.25) is 10.0 Å². The molecule has 22 heavy (non-hydrogen) atoms. The van der Waals surface area contributed by atoms with Crippen LogP contribution in [-0.4, -0.2) is 29.2 Å². The number of hydrogen-bond donors (Lipinski definition) is 1. The normalized spacial score (nSPS) is 17.7. The Bertz CT molecular complexity index is 650. The quantitative estimate of drug-likeness (QED) is 0.925. The van der Waals surface area contributed by atoms with Crippen LogP contribution in [0.5, 0.6) is 5.75 Å². The van der Waals surface area contributed by atoms with Crippen molar-refractivity contribution < 1.29 is 4.74 Å². The third-order valence-corrected chi connectivity index (χ3v) is 4.32. The minimum Gasteiger partial charge on any atom is -0.491 e. The molecule has 5 nitrogen and oxygen atoms in total. The number of anilines is 2. The van der Waals surface area contributed by atoms with Crippen LogP contribution in [-0.2, 0) is 0 Å². The zero-order valence-electron chi connectivity index (χ0n) is 11.9. The Kier molecular flexibility index (Phi) is 4.55. The number of aromatic nitrogens is 2. The van der Waals surface area contributed by atoms with Gasteiger partial charge in [0.15, 0.2) is 5.82 Å². The first-order valence-corrected chi connectivity index (χ1v) is 7.81. The van der Waals surface area contributed by atoms with Crippen molar-refractivity contribution in [1.29, 1.82) is 0 Å². The largest absolute Gasteiger partial charge is 0.491 e. The summed E-state index contributed by atoms with van der Waals surface area (Å²) in [6.45, 7) is 1.44. The average molecular weight is 339 g/mol. The smallest absolute Gasteiger partial charge is 0.153 e. The minimum absolute atomic E-state index is 0.211. The first-order valence-electron chi connectivity index (χ1n) is 7.06. The van der Waals surface area contributed by atoms with Crippen molar-refractivity contribution in [2.24, 2.45) is 0 Å². The third kappa shape index (κ3) is 3.20. The molecule has 0 saturated carbocycles. The fourth-order valence-electron chi connectivity index (χ4n) is 2.58. The van der Waals surface area contributed by atoms with Gasteiger partial charge in [-0.25, -0.2) is 9.97 Å². The number of hydrogen-bond acceptors (Lipinski definition) is 5. The van der Waals surface area contributed by atoms with Crippen molar-refractivity contribution in [3.63, 3.8) is 0 Å². The van der Waals surface area contributed by atoms with Crippen molar-refractivity contribution in [1.82, 2.24) is 9.97 Å². The van der Waals surface area contributed by atoms with Gasteiger partial charge in [0, 0.05) is 11.6 Å². The lowest BCUT2D eigenvalue weighted by Crippen LogP contribution is -2.35. The van der Waals surface area contributed by atoms with Gasteiger partial charge >= 0.3 is 0 Å². The van der Waals surface area contributed by atoms with E-state index in [0.717, 1.165) is 25.1 Å². The fraction of sp³-hybridized carbons (Fsp3) is 0.333. The Balaban J connectivity index is 1.70. The maximum absolute atomic E-state index is 6.23. The van der Waals surface area contributed by atoms with E-state index in [4.69, 9.17) is 33.7 Å². The first-order chi connectivity index (χ1) is 10.6. The molecule has 1 aromatic heterocycles. The van der Waals surface area contributed by atoms with Gasteiger partial charge in [0.1, 0.15) is 29.5 Å². The molecule has 1 atom stereocenters. The monoisotopic (exact) mass is 338 g/mol. The Hall–Kier alpha value is -1.72. The summed E-state index contributed by atoms with van der Waals surface area (Å²) < 4.78 is 5.85. The highest BCUT2D eigenvalue weighted by Crippen LogP contribution is 2.32. The van der Waals surface area contributed by atoms with Gasteiger partial charge in [0.2, 0.25) is 0 Å². The molecule has 0 aliphatic carbocycles. The van der Waals surface area contributed by atoms with Crippen LogP contribution in [0, 0.1) is 0 Å². The molecular weight excluding hydrogens is 323 g/mol. The fourth-order valence-corrected chi connectivity index (χ4v) is 2.92. The van der Waals surface area contributed by atoms with Crippen molar-refractivity contribution in [3.05, 3.63) is 40.6 Å². The molecule has 0 bridgehead atoms. The standard InChI is InChI=1S/C15H16Cl2N4O/c16-10-3-5-12(6-4-10)22-8-11-2-1-7-21(11)15-13(17)14(18)19-9-20-15/h3-6,9,11H,1-2,7-8H2,(H2,18,19,20). The zero-order valence-corrected chi connectivity index (χ0v) is 13.4. The van der Waals surface area contributed by atoms with Gasteiger partial charge in [-0.15, -0.1) is 0 Å². The zero-order chi connectivity index (χ0) is 15.5. The molecule has 1 aliphatic rings. The molecule has 0 amide bonds. The van der Waals surface area contributed by atoms with E-state index in [-0.39, 0.29) is 6.04 Å². The summed E-state index contributed by atoms with van der Waals surface area (Å²) in [7, 11) is 0. The maximum atomic E-state index is 6.23.